The van der Waals surface area contributed by atoms with Crippen molar-refractivity contribution in [3.8, 4) is 0 Å². The SMILES string of the molecule is CCOCCC(Cc1ccccc1Cl)NC. The zero-order chi connectivity index (χ0) is 11.8. The number of nitrogens with one attached hydrogen (secondary N) is 1. The maximum absolute atomic E-state index is 6.13. The lowest BCUT2D eigenvalue weighted by Gasteiger charge is -2.16. The van der Waals surface area contributed by atoms with Gasteiger partial charge in [0.1, 0.15) is 0 Å². The Kier molecular flexibility index (Phi) is 6.46. The number of hydrogen-bond acceptors (Lipinski definition) is 2. The van der Waals surface area contributed by atoms with Crippen LogP contribution in [0, 0.1) is 0 Å². The lowest BCUT2D eigenvalue weighted by molar-refractivity contribution is 0.137. The van der Waals surface area contributed by atoms with Crippen LogP contribution in [0.15, 0.2) is 24.3 Å². The van der Waals surface area contributed by atoms with Gasteiger partial charge in [0, 0.05) is 24.3 Å². The Morgan fingerprint density at radius 1 is 1.38 bits per heavy atom. The lowest BCUT2D eigenvalue weighted by Crippen LogP contribution is -2.29. The molecule has 0 saturated carbocycles. The van der Waals surface area contributed by atoms with E-state index >= 15 is 0 Å². The van der Waals surface area contributed by atoms with Gasteiger partial charge < -0.3 is 10.1 Å². The molecule has 0 spiro atoms. The summed E-state index contributed by atoms with van der Waals surface area (Å²) in [6.07, 6.45) is 1.96. The van der Waals surface area contributed by atoms with E-state index in [2.05, 4.69) is 11.4 Å². The third kappa shape index (κ3) is 4.52. The molecule has 0 radical (unpaired) electrons. The smallest absolute Gasteiger partial charge is 0.0480 e. The molecule has 1 atom stereocenters. The highest BCUT2D eigenvalue weighted by Gasteiger charge is 2.09. The summed E-state index contributed by atoms with van der Waals surface area (Å²) in [6.45, 7) is 3.59. The Hall–Kier alpha value is -0.570. The quantitative estimate of drug-likeness (QED) is 0.742. The Balaban J connectivity index is 2.46. The van der Waals surface area contributed by atoms with E-state index in [-0.39, 0.29) is 0 Å². The van der Waals surface area contributed by atoms with E-state index in [1.807, 2.05) is 32.2 Å². The van der Waals surface area contributed by atoms with Crippen molar-refractivity contribution in [2.45, 2.75) is 25.8 Å². The van der Waals surface area contributed by atoms with Crippen LogP contribution < -0.4 is 5.32 Å². The largest absolute Gasteiger partial charge is 0.382 e. The maximum atomic E-state index is 6.13. The molecule has 0 heterocycles. The van der Waals surface area contributed by atoms with E-state index in [1.165, 1.54) is 5.56 Å². The highest BCUT2D eigenvalue weighted by Crippen LogP contribution is 2.17. The molecule has 1 N–H and O–H groups in total. The van der Waals surface area contributed by atoms with Gasteiger partial charge in [0.15, 0.2) is 0 Å². The first kappa shape index (κ1) is 13.5. The van der Waals surface area contributed by atoms with Crippen LogP contribution in [0.5, 0.6) is 0 Å². The molecule has 0 aromatic heterocycles. The third-order valence-corrected chi connectivity index (χ3v) is 3.02. The van der Waals surface area contributed by atoms with Crippen LogP contribution in [0.4, 0.5) is 0 Å². The highest BCUT2D eigenvalue weighted by molar-refractivity contribution is 6.31. The zero-order valence-corrected chi connectivity index (χ0v) is 10.8. The van der Waals surface area contributed by atoms with Gasteiger partial charge in [-0.05, 0) is 38.4 Å². The summed E-state index contributed by atoms with van der Waals surface area (Å²) >= 11 is 6.13. The van der Waals surface area contributed by atoms with E-state index < -0.39 is 0 Å². The van der Waals surface area contributed by atoms with E-state index in [0.29, 0.717) is 6.04 Å². The molecule has 0 fully saturated rings. The first-order valence-electron chi connectivity index (χ1n) is 5.76. The molecule has 1 unspecified atom stereocenters. The fourth-order valence-corrected chi connectivity index (χ4v) is 1.86. The Bertz CT molecular complexity index is 304. The van der Waals surface area contributed by atoms with Crippen molar-refractivity contribution in [2.75, 3.05) is 20.3 Å². The predicted molar refractivity (Wildman–Crippen MR) is 69.1 cm³/mol. The van der Waals surface area contributed by atoms with Crippen molar-refractivity contribution in [1.82, 2.24) is 5.32 Å². The summed E-state index contributed by atoms with van der Waals surface area (Å²) in [4.78, 5) is 0. The van der Waals surface area contributed by atoms with Crippen molar-refractivity contribution < 1.29 is 4.74 Å². The summed E-state index contributed by atoms with van der Waals surface area (Å²) in [7, 11) is 1.98. The number of ether oxygens (including phenoxy) is 1. The fourth-order valence-electron chi connectivity index (χ4n) is 1.65. The topological polar surface area (TPSA) is 21.3 Å². The summed E-state index contributed by atoms with van der Waals surface area (Å²) in [5, 5.41) is 4.14. The average molecular weight is 242 g/mol. The molecule has 3 heteroatoms. The molecule has 0 saturated heterocycles. The van der Waals surface area contributed by atoms with Crippen LogP contribution >= 0.6 is 11.6 Å². The van der Waals surface area contributed by atoms with Gasteiger partial charge in [0.05, 0.1) is 0 Å². The minimum Gasteiger partial charge on any atom is -0.382 e. The molecule has 1 aromatic rings. The van der Waals surface area contributed by atoms with Gasteiger partial charge in [0.25, 0.3) is 0 Å². The van der Waals surface area contributed by atoms with Gasteiger partial charge in [0.2, 0.25) is 0 Å². The molecule has 90 valence electrons. The monoisotopic (exact) mass is 241 g/mol. The van der Waals surface area contributed by atoms with Gasteiger partial charge in [-0.2, -0.15) is 0 Å². The Morgan fingerprint density at radius 2 is 2.12 bits per heavy atom. The summed E-state index contributed by atoms with van der Waals surface area (Å²) < 4.78 is 5.36. The van der Waals surface area contributed by atoms with Crippen LogP contribution in [0.3, 0.4) is 0 Å². The number of halogens is 1. The lowest BCUT2D eigenvalue weighted by atomic mass is 10.0. The molecule has 16 heavy (non-hydrogen) atoms. The zero-order valence-electron chi connectivity index (χ0n) is 10.0. The second-order valence-electron chi connectivity index (χ2n) is 3.77. The molecule has 2 nitrogen and oxygen atoms in total. The minimum atomic E-state index is 0.423. The van der Waals surface area contributed by atoms with Crippen molar-refractivity contribution in [2.24, 2.45) is 0 Å². The first-order valence-corrected chi connectivity index (χ1v) is 6.14. The summed E-state index contributed by atoms with van der Waals surface area (Å²) in [5.74, 6) is 0. The van der Waals surface area contributed by atoms with Crippen LogP contribution in [0.25, 0.3) is 0 Å². The van der Waals surface area contributed by atoms with Gasteiger partial charge in [-0.1, -0.05) is 29.8 Å². The van der Waals surface area contributed by atoms with Gasteiger partial charge in [-0.25, -0.2) is 0 Å². The van der Waals surface area contributed by atoms with E-state index in [4.69, 9.17) is 16.3 Å². The molecule has 0 aliphatic rings. The Labute approximate surface area is 103 Å². The van der Waals surface area contributed by atoms with Crippen LogP contribution in [-0.2, 0) is 11.2 Å². The third-order valence-electron chi connectivity index (χ3n) is 2.65. The molecule has 1 rings (SSSR count). The maximum Gasteiger partial charge on any atom is 0.0480 e. The standard InChI is InChI=1S/C13H20ClNO/c1-3-16-9-8-12(15-2)10-11-6-4-5-7-13(11)14/h4-7,12,15H,3,8-10H2,1-2H3. The van der Waals surface area contributed by atoms with Crippen molar-refractivity contribution in [3.05, 3.63) is 34.9 Å². The van der Waals surface area contributed by atoms with Crippen LogP contribution in [0.2, 0.25) is 5.02 Å². The molecule has 1 aromatic carbocycles. The average Bonchev–Trinajstić information content (AvgIpc) is 2.30. The normalized spacial score (nSPS) is 12.7. The Morgan fingerprint density at radius 3 is 2.75 bits per heavy atom. The van der Waals surface area contributed by atoms with Crippen molar-refractivity contribution in [1.29, 1.82) is 0 Å². The molecule has 0 bridgehead atoms. The predicted octanol–water partition coefficient (Wildman–Crippen LogP) is 2.90. The fraction of sp³-hybridized carbons (Fsp3) is 0.538. The summed E-state index contributed by atoms with van der Waals surface area (Å²) in [6, 6.07) is 8.42. The van der Waals surface area contributed by atoms with Crippen molar-refractivity contribution in [3.63, 3.8) is 0 Å². The molecule has 0 aliphatic carbocycles. The van der Waals surface area contributed by atoms with Crippen LogP contribution in [-0.4, -0.2) is 26.3 Å². The van der Waals surface area contributed by atoms with E-state index in [1.54, 1.807) is 0 Å². The van der Waals surface area contributed by atoms with E-state index in [9.17, 15) is 0 Å². The molecular weight excluding hydrogens is 222 g/mol. The van der Waals surface area contributed by atoms with Gasteiger partial charge in [-0.3, -0.25) is 0 Å². The summed E-state index contributed by atoms with van der Waals surface area (Å²) in [5.41, 5.74) is 1.19. The highest BCUT2D eigenvalue weighted by atomic mass is 35.5. The number of hydrogen-bond donors (Lipinski definition) is 1. The van der Waals surface area contributed by atoms with E-state index in [0.717, 1.165) is 31.1 Å². The molecule has 0 aliphatic heterocycles. The molecular formula is C13H20ClNO. The minimum absolute atomic E-state index is 0.423. The first-order chi connectivity index (χ1) is 7.77. The number of rotatable bonds is 7. The second kappa shape index (κ2) is 7.66. The van der Waals surface area contributed by atoms with Crippen LogP contribution in [0.1, 0.15) is 18.9 Å². The molecule has 0 amide bonds. The van der Waals surface area contributed by atoms with Gasteiger partial charge in [-0.15, -0.1) is 0 Å². The number of likely N-dealkylation sites (N-methyl/N-ethyl adjacent to an activating group) is 1. The van der Waals surface area contributed by atoms with Gasteiger partial charge >= 0.3 is 0 Å². The second-order valence-corrected chi connectivity index (χ2v) is 4.17. The number of benzene rings is 1. The van der Waals surface area contributed by atoms with Crippen molar-refractivity contribution >= 4 is 11.6 Å².